The maximum Gasteiger partial charge on any atom is 0.224 e. The van der Waals surface area contributed by atoms with Crippen molar-refractivity contribution in [2.75, 3.05) is 19.6 Å². The molecule has 1 aliphatic heterocycles. The third-order valence-electron chi connectivity index (χ3n) is 4.48. The van der Waals surface area contributed by atoms with Crippen molar-refractivity contribution in [3.63, 3.8) is 0 Å². The lowest BCUT2D eigenvalue weighted by atomic mass is 9.99. The molecule has 0 spiro atoms. The third-order valence-corrected chi connectivity index (χ3v) is 4.48. The Balaban J connectivity index is 1.91. The van der Waals surface area contributed by atoms with Gasteiger partial charge in [-0.1, -0.05) is 30.3 Å². The number of likely N-dealkylation sites (tertiary alicyclic amines) is 1. The Hall–Kier alpha value is -1.92. The highest BCUT2D eigenvalue weighted by molar-refractivity contribution is 5.78. The number of nitrogens with one attached hydrogen (secondary N) is 1. The van der Waals surface area contributed by atoms with Gasteiger partial charge in [0.1, 0.15) is 0 Å². The van der Waals surface area contributed by atoms with Crippen molar-refractivity contribution in [2.45, 2.75) is 44.2 Å². The summed E-state index contributed by atoms with van der Waals surface area (Å²) in [5.74, 6) is 0.000543. The summed E-state index contributed by atoms with van der Waals surface area (Å²) in [5, 5.41) is 2.88. The van der Waals surface area contributed by atoms with E-state index in [9.17, 15) is 9.59 Å². The van der Waals surface area contributed by atoms with Gasteiger partial charge in [0.2, 0.25) is 11.8 Å². The maximum absolute atomic E-state index is 12.7. The molecule has 0 aliphatic carbocycles. The lowest BCUT2D eigenvalue weighted by Crippen LogP contribution is -2.50. The topological polar surface area (TPSA) is 101 Å². The largest absolute Gasteiger partial charge is 0.354 e. The highest BCUT2D eigenvalue weighted by Gasteiger charge is 2.28. The monoisotopic (exact) mass is 332 g/mol. The normalized spacial score (nSPS) is 18.9. The number of carbonyl (C=O) groups excluding carboxylic acids is 2. The first-order chi connectivity index (χ1) is 11.6. The van der Waals surface area contributed by atoms with E-state index < -0.39 is 0 Å². The summed E-state index contributed by atoms with van der Waals surface area (Å²) in [6.45, 7) is 1.56. The number of hydrogen-bond donors (Lipinski definition) is 3. The van der Waals surface area contributed by atoms with Crippen LogP contribution in [0.3, 0.4) is 0 Å². The molecule has 1 saturated heterocycles. The van der Waals surface area contributed by atoms with Crippen molar-refractivity contribution in [3.05, 3.63) is 35.9 Å². The molecule has 2 rings (SSSR count). The van der Waals surface area contributed by atoms with Crippen molar-refractivity contribution in [1.82, 2.24) is 10.2 Å². The summed E-state index contributed by atoms with van der Waals surface area (Å²) in [4.78, 5) is 26.2. The maximum atomic E-state index is 12.7. The highest BCUT2D eigenvalue weighted by Crippen LogP contribution is 2.21. The second kappa shape index (κ2) is 9.39. The molecular weight excluding hydrogens is 304 g/mol. The van der Waals surface area contributed by atoms with Crippen molar-refractivity contribution in [2.24, 2.45) is 11.5 Å². The Labute approximate surface area is 143 Å². The van der Waals surface area contributed by atoms with Crippen LogP contribution in [0.15, 0.2) is 30.3 Å². The minimum absolute atomic E-state index is 0.0518. The number of benzene rings is 1. The minimum atomic E-state index is -0.298. The minimum Gasteiger partial charge on any atom is -0.354 e. The summed E-state index contributed by atoms with van der Waals surface area (Å²) in [6, 6.07) is 9.43. The Morgan fingerprint density at radius 2 is 2.00 bits per heavy atom. The van der Waals surface area contributed by atoms with Gasteiger partial charge < -0.3 is 21.7 Å². The summed E-state index contributed by atoms with van der Waals surface area (Å²) < 4.78 is 0. The van der Waals surface area contributed by atoms with E-state index in [2.05, 4.69) is 5.32 Å². The molecular formula is C18H28N4O2. The molecule has 6 heteroatoms. The van der Waals surface area contributed by atoms with Crippen LogP contribution in [0.5, 0.6) is 0 Å². The van der Waals surface area contributed by atoms with Crippen LogP contribution < -0.4 is 16.8 Å². The number of piperidine rings is 1. The zero-order chi connectivity index (χ0) is 17.4. The number of carbonyl (C=O) groups is 2. The van der Waals surface area contributed by atoms with Gasteiger partial charge in [-0.05, 0) is 24.8 Å². The molecule has 0 radical (unpaired) electrons. The van der Waals surface area contributed by atoms with E-state index in [1.54, 1.807) is 0 Å². The van der Waals surface area contributed by atoms with Crippen LogP contribution in [-0.4, -0.2) is 42.4 Å². The Kier molecular flexibility index (Phi) is 7.21. The number of rotatable bonds is 7. The molecule has 0 bridgehead atoms. The van der Waals surface area contributed by atoms with Crippen molar-refractivity contribution in [1.29, 1.82) is 0 Å². The van der Waals surface area contributed by atoms with Gasteiger partial charge in [0, 0.05) is 44.6 Å². The molecule has 1 fully saturated rings. The summed E-state index contributed by atoms with van der Waals surface area (Å²) >= 11 is 0. The molecule has 6 nitrogen and oxygen atoms in total. The molecule has 1 aromatic rings. The highest BCUT2D eigenvalue weighted by atomic mass is 16.2. The molecule has 1 aliphatic rings. The summed E-state index contributed by atoms with van der Waals surface area (Å²) in [7, 11) is 0. The second-order valence-electron chi connectivity index (χ2n) is 6.30. The van der Waals surface area contributed by atoms with E-state index in [4.69, 9.17) is 11.5 Å². The molecule has 0 saturated carbocycles. The number of nitrogens with zero attached hydrogens (tertiary/aromatic N) is 1. The first kappa shape index (κ1) is 18.4. The van der Waals surface area contributed by atoms with Crippen LogP contribution >= 0.6 is 0 Å². The molecule has 1 heterocycles. The molecule has 2 amide bonds. The standard InChI is InChI=1S/C18H28N4O2/c19-10-9-17(23)21-13-15-8-4-5-11-22(15)18(24)12-16(20)14-6-2-1-3-7-14/h1-3,6-7,15-16H,4-5,8-13,19-20H2,(H,21,23). The average Bonchev–Trinajstić information content (AvgIpc) is 2.61. The first-order valence-corrected chi connectivity index (χ1v) is 8.68. The van der Waals surface area contributed by atoms with Crippen LogP contribution in [0.25, 0.3) is 0 Å². The van der Waals surface area contributed by atoms with E-state index in [0.717, 1.165) is 31.4 Å². The number of hydrogen-bond acceptors (Lipinski definition) is 4. The van der Waals surface area contributed by atoms with E-state index in [-0.39, 0.29) is 30.3 Å². The number of amides is 2. The number of nitrogens with two attached hydrogens (primary N) is 2. The molecule has 0 aromatic heterocycles. The van der Waals surface area contributed by atoms with Crippen LogP contribution in [0.2, 0.25) is 0 Å². The van der Waals surface area contributed by atoms with Crippen molar-refractivity contribution >= 4 is 11.8 Å². The molecule has 1 aromatic carbocycles. The Bertz CT molecular complexity index is 535. The molecule has 132 valence electrons. The summed E-state index contributed by atoms with van der Waals surface area (Å²) in [5.41, 5.74) is 12.5. The van der Waals surface area contributed by atoms with E-state index >= 15 is 0 Å². The van der Waals surface area contributed by atoms with Gasteiger partial charge in [-0.25, -0.2) is 0 Å². The van der Waals surface area contributed by atoms with Gasteiger partial charge in [-0.15, -0.1) is 0 Å². The molecule has 2 atom stereocenters. The average molecular weight is 332 g/mol. The fourth-order valence-electron chi connectivity index (χ4n) is 3.12. The first-order valence-electron chi connectivity index (χ1n) is 8.68. The van der Waals surface area contributed by atoms with E-state index in [1.165, 1.54) is 0 Å². The zero-order valence-corrected chi connectivity index (χ0v) is 14.1. The fraction of sp³-hybridized carbons (Fsp3) is 0.556. The lowest BCUT2D eigenvalue weighted by molar-refractivity contribution is -0.135. The van der Waals surface area contributed by atoms with Gasteiger partial charge in [0.15, 0.2) is 0 Å². The molecule has 2 unspecified atom stereocenters. The van der Waals surface area contributed by atoms with Gasteiger partial charge in [-0.2, -0.15) is 0 Å². The van der Waals surface area contributed by atoms with Crippen molar-refractivity contribution in [3.8, 4) is 0 Å². The van der Waals surface area contributed by atoms with Crippen LogP contribution in [0.1, 0.15) is 43.7 Å². The Morgan fingerprint density at radius 3 is 2.71 bits per heavy atom. The Morgan fingerprint density at radius 1 is 1.25 bits per heavy atom. The predicted molar refractivity (Wildman–Crippen MR) is 94.0 cm³/mol. The summed E-state index contributed by atoms with van der Waals surface area (Å²) in [6.07, 6.45) is 3.59. The lowest BCUT2D eigenvalue weighted by Gasteiger charge is -2.36. The predicted octanol–water partition coefficient (Wildman–Crippen LogP) is 0.923. The van der Waals surface area contributed by atoms with E-state index in [1.807, 2.05) is 35.2 Å². The van der Waals surface area contributed by atoms with Gasteiger partial charge in [0.05, 0.1) is 0 Å². The molecule has 5 N–H and O–H groups in total. The van der Waals surface area contributed by atoms with E-state index in [0.29, 0.717) is 19.5 Å². The SMILES string of the molecule is NCCC(=O)NCC1CCCCN1C(=O)CC(N)c1ccccc1. The smallest absolute Gasteiger partial charge is 0.224 e. The van der Waals surface area contributed by atoms with Crippen LogP contribution in [0, 0.1) is 0 Å². The van der Waals surface area contributed by atoms with Gasteiger partial charge in [0.25, 0.3) is 0 Å². The van der Waals surface area contributed by atoms with Gasteiger partial charge >= 0.3 is 0 Å². The fourth-order valence-corrected chi connectivity index (χ4v) is 3.12. The van der Waals surface area contributed by atoms with Crippen LogP contribution in [-0.2, 0) is 9.59 Å². The van der Waals surface area contributed by atoms with Crippen LogP contribution in [0.4, 0.5) is 0 Å². The van der Waals surface area contributed by atoms with Crippen molar-refractivity contribution < 1.29 is 9.59 Å². The molecule has 24 heavy (non-hydrogen) atoms. The zero-order valence-electron chi connectivity index (χ0n) is 14.1. The van der Waals surface area contributed by atoms with Gasteiger partial charge in [-0.3, -0.25) is 9.59 Å². The quantitative estimate of drug-likeness (QED) is 0.691. The third kappa shape index (κ3) is 5.32. The second-order valence-corrected chi connectivity index (χ2v) is 6.30.